The van der Waals surface area contributed by atoms with E-state index in [1.54, 1.807) is 30.3 Å². The van der Waals surface area contributed by atoms with E-state index in [0.717, 1.165) is 19.6 Å². The van der Waals surface area contributed by atoms with Crippen LogP contribution in [0.5, 0.6) is 11.5 Å². The van der Waals surface area contributed by atoms with Crippen molar-refractivity contribution < 1.29 is 29.3 Å². The molecule has 0 radical (unpaired) electrons. The number of carbonyl (C=O) groups excluding carboxylic acids is 2. The van der Waals surface area contributed by atoms with Crippen LogP contribution in [-0.2, 0) is 14.3 Å². The fraction of sp³-hybridized carbons (Fsp3) is 0.385. The first-order valence-corrected chi connectivity index (χ1v) is 12.5. The molecule has 35 heavy (non-hydrogen) atoms. The lowest BCUT2D eigenvalue weighted by Gasteiger charge is -2.29. The van der Waals surface area contributed by atoms with Crippen molar-refractivity contribution in [2.24, 2.45) is 0 Å². The summed E-state index contributed by atoms with van der Waals surface area (Å²) >= 11 is 3.33. The highest BCUT2D eigenvalue weighted by Crippen LogP contribution is 2.41. The van der Waals surface area contributed by atoms with Crippen LogP contribution in [0.15, 0.2) is 52.5 Å². The molecule has 186 valence electrons. The Labute approximate surface area is 212 Å². The van der Waals surface area contributed by atoms with E-state index in [2.05, 4.69) is 20.8 Å². The summed E-state index contributed by atoms with van der Waals surface area (Å²) in [7, 11) is 0. The van der Waals surface area contributed by atoms with Crippen molar-refractivity contribution >= 4 is 33.4 Å². The summed E-state index contributed by atoms with van der Waals surface area (Å²) in [4.78, 5) is 30.1. The maximum atomic E-state index is 13.2. The molecule has 0 bridgehead atoms. The molecule has 2 fully saturated rings. The van der Waals surface area contributed by atoms with E-state index < -0.39 is 23.5 Å². The van der Waals surface area contributed by atoms with Crippen molar-refractivity contribution in [3.05, 3.63) is 63.6 Å². The number of ketones is 1. The van der Waals surface area contributed by atoms with Crippen LogP contribution >= 0.6 is 15.9 Å². The normalized spacial score (nSPS) is 20.4. The minimum Gasteiger partial charge on any atom is -0.507 e. The topological polar surface area (TPSA) is 99.5 Å². The molecule has 8 nitrogen and oxygen atoms in total. The number of aliphatic hydroxyl groups is 1. The zero-order valence-corrected chi connectivity index (χ0v) is 21.2. The number of halogens is 1. The SMILES string of the molecule is CCOc1ccc([C@H]2C(=C(O)c3cc(Br)ccc3O)C(=O)C(=O)N2CCCN2CCOCC2)cc1. The maximum absolute atomic E-state index is 13.2. The van der Waals surface area contributed by atoms with Crippen molar-refractivity contribution in [2.75, 3.05) is 46.0 Å². The number of phenolic OH excluding ortho intramolecular Hbond substituents is 1. The fourth-order valence-corrected chi connectivity index (χ4v) is 4.86. The second-order valence-electron chi connectivity index (χ2n) is 8.46. The Morgan fingerprint density at radius 3 is 2.51 bits per heavy atom. The van der Waals surface area contributed by atoms with E-state index in [9.17, 15) is 19.8 Å². The first-order valence-electron chi connectivity index (χ1n) is 11.7. The number of nitrogens with zero attached hydrogens (tertiary/aromatic N) is 2. The number of hydrogen-bond donors (Lipinski definition) is 2. The van der Waals surface area contributed by atoms with Gasteiger partial charge in [-0.3, -0.25) is 14.5 Å². The van der Waals surface area contributed by atoms with Crippen LogP contribution < -0.4 is 4.74 Å². The van der Waals surface area contributed by atoms with E-state index in [1.807, 2.05) is 6.92 Å². The Kier molecular flexibility index (Phi) is 8.10. The minimum atomic E-state index is -0.784. The van der Waals surface area contributed by atoms with E-state index in [1.165, 1.54) is 17.0 Å². The van der Waals surface area contributed by atoms with Gasteiger partial charge in [0.25, 0.3) is 11.7 Å². The van der Waals surface area contributed by atoms with Gasteiger partial charge in [0, 0.05) is 30.7 Å². The number of hydrogen-bond acceptors (Lipinski definition) is 7. The van der Waals surface area contributed by atoms with Crippen molar-refractivity contribution in [3.63, 3.8) is 0 Å². The molecule has 9 heteroatoms. The van der Waals surface area contributed by atoms with Gasteiger partial charge < -0.3 is 24.6 Å². The first-order chi connectivity index (χ1) is 16.9. The molecule has 0 aliphatic carbocycles. The van der Waals surface area contributed by atoms with E-state index in [0.29, 0.717) is 48.6 Å². The van der Waals surface area contributed by atoms with Gasteiger partial charge in [-0.25, -0.2) is 0 Å². The molecule has 2 aliphatic heterocycles. The molecule has 2 heterocycles. The highest BCUT2D eigenvalue weighted by atomic mass is 79.9. The molecule has 1 atom stereocenters. The molecule has 2 aliphatic rings. The van der Waals surface area contributed by atoms with Crippen molar-refractivity contribution in [3.8, 4) is 11.5 Å². The Morgan fingerprint density at radius 1 is 1.11 bits per heavy atom. The van der Waals surface area contributed by atoms with Gasteiger partial charge in [-0.05, 0) is 49.2 Å². The number of morpholine rings is 1. The molecular formula is C26H29BrN2O6. The first kappa shape index (κ1) is 25.2. The Bertz CT molecular complexity index is 1110. The van der Waals surface area contributed by atoms with Crippen LogP contribution in [0, 0.1) is 0 Å². The molecule has 0 saturated carbocycles. The van der Waals surface area contributed by atoms with Gasteiger partial charge >= 0.3 is 0 Å². The van der Waals surface area contributed by atoms with Gasteiger partial charge in [-0.1, -0.05) is 28.1 Å². The monoisotopic (exact) mass is 544 g/mol. The third-order valence-electron chi connectivity index (χ3n) is 6.24. The lowest BCUT2D eigenvalue weighted by molar-refractivity contribution is -0.140. The Hall–Kier alpha value is -2.88. The lowest BCUT2D eigenvalue weighted by Crippen LogP contribution is -2.38. The second kappa shape index (κ2) is 11.2. The highest BCUT2D eigenvalue weighted by Gasteiger charge is 2.46. The van der Waals surface area contributed by atoms with Crippen molar-refractivity contribution in [1.29, 1.82) is 0 Å². The van der Waals surface area contributed by atoms with Crippen LogP contribution in [0.1, 0.15) is 30.5 Å². The standard InChI is InChI=1S/C26H29BrN2O6/c1-2-35-19-7-4-17(5-8-19)23-22(24(31)20-16-18(27)6-9-21(20)30)25(32)26(33)29(23)11-3-10-28-12-14-34-15-13-28/h4-9,16,23,30-31H,2-3,10-15H2,1H3/t23-/m0/s1. The summed E-state index contributed by atoms with van der Waals surface area (Å²) in [6.45, 7) is 6.57. The number of aromatic hydroxyl groups is 1. The molecule has 4 rings (SSSR count). The smallest absolute Gasteiger partial charge is 0.295 e. The number of carbonyl (C=O) groups is 2. The molecule has 0 spiro atoms. The third kappa shape index (κ3) is 5.52. The molecule has 2 aromatic rings. The van der Waals surface area contributed by atoms with Gasteiger partial charge in [-0.2, -0.15) is 0 Å². The molecule has 2 saturated heterocycles. The van der Waals surface area contributed by atoms with Gasteiger partial charge in [0.05, 0.1) is 37.0 Å². The van der Waals surface area contributed by atoms with Crippen LogP contribution in [0.2, 0.25) is 0 Å². The quantitative estimate of drug-likeness (QED) is 0.297. The fourth-order valence-electron chi connectivity index (χ4n) is 4.50. The number of rotatable bonds is 8. The summed E-state index contributed by atoms with van der Waals surface area (Å²) in [6.07, 6.45) is 0.669. The lowest BCUT2D eigenvalue weighted by atomic mass is 9.95. The van der Waals surface area contributed by atoms with E-state index in [4.69, 9.17) is 9.47 Å². The van der Waals surface area contributed by atoms with Gasteiger partial charge in [0.1, 0.15) is 17.3 Å². The number of ether oxygens (including phenoxy) is 2. The number of likely N-dealkylation sites (tertiary alicyclic amines) is 1. The number of amides is 1. The summed E-state index contributed by atoms with van der Waals surface area (Å²) in [6, 6.07) is 10.9. The van der Waals surface area contributed by atoms with Crippen LogP contribution in [0.25, 0.3) is 5.76 Å². The van der Waals surface area contributed by atoms with Gasteiger partial charge in [-0.15, -0.1) is 0 Å². The average Bonchev–Trinajstić information content (AvgIpc) is 3.11. The van der Waals surface area contributed by atoms with Crippen LogP contribution in [-0.4, -0.2) is 77.7 Å². The summed E-state index contributed by atoms with van der Waals surface area (Å²) in [5.41, 5.74) is 0.718. The average molecular weight is 545 g/mol. The molecule has 0 unspecified atom stereocenters. The number of Topliss-reactive ketones (excluding diaryl/α,β-unsaturated/α-hetero) is 1. The molecule has 2 aromatic carbocycles. The van der Waals surface area contributed by atoms with Crippen LogP contribution in [0.3, 0.4) is 0 Å². The highest BCUT2D eigenvalue weighted by molar-refractivity contribution is 9.10. The Morgan fingerprint density at radius 2 is 1.83 bits per heavy atom. The summed E-state index contributed by atoms with van der Waals surface area (Å²) in [5.74, 6) is -1.36. The van der Waals surface area contributed by atoms with Crippen molar-refractivity contribution in [1.82, 2.24) is 9.80 Å². The minimum absolute atomic E-state index is 0.0427. The van der Waals surface area contributed by atoms with E-state index >= 15 is 0 Å². The maximum Gasteiger partial charge on any atom is 0.295 e. The third-order valence-corrected chi connectivity index (χ3v) is 6.73. The largest absolute Gasteiger partial charge is 0.507 e. The van der Waals surface area contributed by atoms with Crippen LogP contribution in [0.4, 0.5) is 0 Å². The molecule has 2 N–H and O–H groups in total. The summed E-state index contributed by atoms with van der Waals surface area (Å²) < 4.78 is 11.5. The predicted octanol–water partition coefficient (Wildman–Crippen LogP) is 3.70. The van der Waals surface area contributed by atoms with Gasteiger partial charge in [0.15, 0.2) is 0 Å². The zero-order valence-electron chi connectivity index (χ0n) is 19.6. The van der Waals surface area contributed by atoms with Gasteiger partial charge in [0.2, 0.25) is 0 Å². The number of benzene rings is 2. The van der Waals surface area contributed by atoms with Crippen molar-refractivity contribution in [2.45, 2.75) is 19.4 Å². The molecule has 0 aromatic heterocycles. The predicted molar refractivity (Wildman–Crippen MR) is 134 cm³/mol. The zero-order chi connectivity index (χ0) is 24.9. The number of aliphatic hydroxyl groups excluding tert-OH is 1. The summed E-state index contributed by atoms with van der Waals surface area (Å²) in [5, 5.41) is 21.5. The second-order valence-corrected chi connectivity index (χ2v) is 9.38. The number of phenols is 1. The Balaban J connectivity index is 1.70. The molecular weight excluding hydrogens is 516 g/mol. The van der Waals surface area contributed by atoms with E-state index in [-0.39, 0.29) is 16.9 Å². The molecule has 1 amide bonds.